The summed E-state index contributed by atoms with van der Waals surface area (Å²) < 4.78 is 10.8. The summed E-state index contributed by atoms with van der Waals surface area (Å²) in [5, 5.41) is 19.0. The zero-order valence-corrected chi connectivity index (χ0v) is 20.6. The molecule has 1 atom stereocenters. The van der Waals surface area contributed by atoms with Crippen molar-refractivity contribution in [2.75, 3.05) is 46.5 Å². The number of nitrogens with zero attached hydrogens (tertiary/aromatic N) is 2. The van der Waals surface area contributed by atoms with E-state index in [2.05, 4.69) is 38.0 Å². The van der Waals surface area contributed by atoms with Crippen LogP contribution in [0.15, 0.2) is 40.7 Å². The van der Waals surface area contributed by atoms with Crippen molar-refractivity contribution in [1.29, 1.82) is 0 Å². The van der Waals surface area contributed by atoms with Gasteiger partial charge in [-0.1, -0.05) is 6.07 Å². The highest BCUT2D eigenvalue weighted by molar-refractivity contribution is 14.0. The Labute approximate surface area is 199 Å². The fourth-order valence-electron chi connectivity index (χ4n) is 3.29. The number of phenolic OH excluding ortho intramolecular Hbond substituents is 1. The topological polar surface area (TPSA) is 78.4 Å². The molecule has 2 aromatic rings. The standard InChI is InChI=1S/C21H30N4O3S.HI/c1-3-22-21(23-14-16-13-17(27-2)6-7-19(16)26)24-15-18(20-5-4-12-29-20)25-8-10-28-11-9-25;/h4-7,12-13,18,26H,3,8-11,14-15H2,1-2H3,(H2,22,23,24);1H. The van der Waals surface area contributed by atoms with Gasteiger partial charge in [-0.3, -0.25) is 4.90 Å². The van der Waals surface area contributed by atoms with Gasteiger partial charge in [0.25, 0.3) is 0 Å². The van der Waals surface area contributed by atoms with E-state index < -0.39 is 0 Å². The van der Waals surface area contributed by atoms with Gasteiger partial charge in [-0.05, 0) is 36.6 Å². The van der Waals surface area contributed by atoms with Crippen molar-refractivity contribution in [2.24, 2.45) is 4.99 Å². The van der Waals surface area contributed by atoms with E-state index in [0.29, 0.717) is 12.3 Å². The second kappa shape index (κ2) is 13.0. The maximum atomic E-state index is 10.1. The number of hydrogen-bond donors (Lipinski definition) is 3. The van der Waals surface area contributed by atoms with E-state index in [-0.39, 0.29) is 35.8 Å². The van der Waals surface area contributed by atoms with Crippen LogP contribution in [0.4, 0.5) is 0 Å². The molecule has 0 aliphatic carbocycles. The van der Waals surface area contributed by atoms with E-state index >= 15 is 0 Å². The molecule has 30 heavy (non-hydrogen) atoms. The molecular formula is C21H31IN4O3S. The summed E-state index contributed by atoms with van der Waals surface area (Å²) >= 11 is 1.78. The van der Waals surface area contributed by atoms with Crippen LogP contribution in [-0.4, -0.2) is 62.5 Å². The Hall–Kier alpha value is -1.56. The van der Waals surface area contributed by atoms with Crippen molar-refractivity contribution >= 4 is 41.3 Å². The maximum absolute atomic E-state index is 10.1. The second-order valence-electron chi connectivity index (χ2n) is 6.75. The number of thiophene rings is 1. The van der Waals surface area contributed by atoms with Gasteiger partial charge in [0.15, 0.2) is 5.96 Å². The predicted octanol–water partition coefficient (Wildman–Crippen LogP) is 3.21. The van der Waals surface area contributed by atoms with E-state index in [1.54, 1.807) is 30.6 Å². The van der Waals surface area contributed by atoms with Crippen LogP contribution in [-0.2, 0) is 11.3 Å². The van der Waals surface area contributed by atoms with Gasteiger partial charge in [-0.15, -0.1) is 35.3 Å². The molecule has 0 spiro atoms. The molecule has 1 fully saturated rings. The van der Waals surface area contributed by atoms with Gasteiger partial charge in [0.1, 0.15) is 11.5 Å². The number of methoxy groups -OCH3 is 1. The summed E-state index contributed by atoms with van der Waals surface area (Å²) in [7, 11) is 1.61. The predicted molar refractivity (Wildman–Crippen MR) is 132 cm³/mol. The number of guanidine groups is 1. The molecule has 2 heterocycles. The number of aromatic hydroxyl groups is 1. The summed E-state index contributed by atoms with van der Waals surface area (Å²) in [4.78, 5) is 8.45. The Morgan fingerprint density at radius 1 is 1.30 bits per heavy atom. The van der Waals surface area contributed by atoms with Gasteiger partial charge in [-0.25, -0.2) is 4.99 Å². The third kappa shape index (κ3) is 7.00. The van der Waals surface area contributed by atoms with Crippen LogP contribution in [0.1, 0.15) is 23.4 Å². The lowest BCUT2D eigenvalue weighted by Crippen LogP contribution is -2.46. The average molecular weight is 546 g/mol. The molecule has 1 saturated heterocycles. The third-order valence-electron chi connectivity index (χ3n) is 4.86. The first-order valence-electron chi connectivity index (χ1n) is 9.94. The van der Waals surface area contributed by atoms with Gasteiger partial charge >= 0.3 is 0 Å². The van der Waals surface area contributed by atoms with Crippen LogP contribution in [0.3, 0.4) is 0 Å². The summed E-state index contributed by atoms with van der Waals surface area (Å²) in [5.41, 5.74) is 0.726. The molecule has 3 rings (SSSR count). The smallest absolute Gasteiger partial charge is 0.191 e. The number of phenols is 1. The zero-order valence-electron chi connectivity index (χ0n) is 17.5. The number of nitrogens with one attached hydrogen (secondary N) is 2. The summed E-state index contributed by atoms with van der Waals surface area (Å²) in [6, 6.07) is 9.73. The molecule has 1 aliphatic rings. The van der Waals surface area contributed by atoms with E-state index in [1.807, 2.05) is 13.0 Å². The van der Waals surface area contributed by atoms with Crippen LogP contribution in [0.5, 0.6) is 11.5 Å². The molecular weight excluding hydrogens is 515 g/mol. The van der Waals surface area contributed by atoms with Gasteiger partial charge in [-0.2, -0.15) is 0 Å². The maximum Gasteiger partial charge on any atom is 0.191 e. The Bertz CT molecular complexity index is 783. The summed E-state index contributed by atoms with van der Waals surface area (Å²) in [6.45, 7) is 7.30. The fraction of sp³-hybridized carbons (Fsp3) is 0.476. The third-order valence-corrected chi connectivity index (χ3v) is 5.83. The monoisotopic (exact) mass is 546 g/mol. The molecule has 9 heteroatoms. The number of morpholine rings is 1. The SMILES string of the molecule is CCNC(=NCc1cc(OC)ccc1O)NCC(c1cccs1)N1CCOCC1.I. The number of halogens is 1. The van der Waals surface area contributed by atoms with Crippen LogP contribution < -0.4 is 15.4 Å². The highest BCUT2D eigenvalue weighted by atomic mass is 127. The largest absolute Gasteiger partial charge is 0.508 e. The second-order valence-corrected chi connectivity index (χ2v) is 7.73. The number of ether oxygens (including phenoxy) is 2. The molecule has 0 saturated carbocycles. The first kappa shape index (κ1) is 24.7. The highest BCUT2D eigenvalue weighted by Gasteiger charge is 2.23. The molecule has 0 bridgehead atoms. The Kier molecular flexibility index (Phi) is 10.7. The fourth-order valence-corrected chi connectivity index (χ4v) is 4.16. The number of benzene rings is 1. The van der Waals surface area contributed by atoms with E-state index in [4.69, 9.17) is 9.47 Å². The number of hydrogen-bond acceptors (Lipinski definition) is 6. The Balaban J connectivity index is 0.00000320. The molecule has 166 valence electrons. The van der Waals surface area contributed by atoms with Gasteiger partial charge < -0.3 is 25.2 Å². The number of aliphatic imine (C=N–C) groups is 1. The lowest BCUT2D eigenvalue weighted by molar-refractivity contribution is 0.0177. The van der Waals surface area contributed by atoms with Gasteiger partial charge in [0, 0.05) is 36.6 Å². The van der Waals surface area contributed by atoms with Crippen molar-refractivity contribution in [1.82, 2.24) is 15.5 Å². The first-order chi connectivity index (χ1) is 14.2. The minimum absolute atomic E-state index is 0. The molecule has 1 aromatic carbocycles. The zero-order chi connectivity index (χ0) is 20.5. The molecule has 0 radical (unpaired) electrons. The first-order valence-corrected chi connectivity index (χ1v) is 10.8. The average Bonchev–Trinajstić information content (AvgIpc) is 3.28. The van der Waals surface area contributed by atoms with Crippen molar-refractivity contribution in [3.8, 4) is 11.5 Å². The van der Waals surface area contributed by atoms with Crippen LogP contribution in [0.2, 0.25) is 0 Å². The van der Waals surface area contributed by atoms with Crippen LogP contribution >= 0.6 is 35.3 Å². The summed E-state index contributed by atoms with van der Waals surface area (Å²) in [6.07, 6.45) is 0. The Morgan fingerprint density at radius 3 is 2.77 bits per heavy atom. The molecule has 0 amide bonds. The number of rotatable bonds is 8. The normalized spacial score (nSPS) is 15.9. The molecule has 1 aliphatic heterocycles. The Morgan fingerprint density at radius 2 is 2.10 bits per heavy atom. The van der Waals surface area contributed by atoms with Crippen molar-refractivity contribution in [3.63, 3.8) is 0 Å². The van der Waals surface area contributed by atoms with Crippen molar-refractivity contribution < 1.29 is 14.6 Å². The highest BCUT2D eigenvalue weighted by Crippen LogP contribution is 2.26. The van der Waals surface area contributed by atoms with Crippen LogP contribution in [0.25, 0.3) is 0 Å². The summed E-state index contributed by atoms with van der Waals surface area (Å²) in [5.74, 6) is 1.65. The molecule has 1 unspecified atom stereocenters. The van der Waals surface area contributed by atoms with E-state index in [9.17, 15) is 5.11 Å². The van der Waals surface area contributed by atoms with E-state index in [1.165, 1.54) is 4.88 Å². The minimum atomic E-state index is 0. The lowest BCUT2D eigenvalue weighted by Gasteiger charge is -2.34. The van der Waals surface area contributed by atoms with Crippen molar-refractivity contribution in [2.45, 2.75) is 19.5 Å². The minimum Gasteiger partial charge on any atom is -0.508 e. The van der Waals surface area contributed by atoms with Gasteiger partial charge in [0.2, 0.25) is 0 Å². The van der Waals surface area contributed by atoms with E-state index in [0.717, 1.165) is 50.9 Å². The lowest BCUT2D eigenvalue weighted by atomic mass is 10.2. The molecule has 7 nitrogen and oxygen atoms in total. The van der Waals surface area contributed by atoms with Crippen molar-refractivity contribution in [3.05, 3.63) is 46.2 Å². The molecule has 1 aromatic heterocycles. The quantitative estimate of drug-likeness (QED) is 0.268. The van der Waals surface area contributed by atoms with Crippen LogP contribution in [0, 0.1) is 0 Å². The molecule has 3 N–H and O–H groups in total. The van der Waals surface area contributed by atoms with Gasteiger partial charge in [0.05, 0.1) is 32.9 Å².